The predicted octanol–water partition coefficient (Wildman–Crippen LogP) is 2.34. The summed E-state index contributed by atoms with van der Waals surface area (Å²) in [5.74, 6) is -0.723. The summed E-state index contributed by atoms with van der Waals surface area (Å²) in [7, 11) is 1.35. The summed E-state index contributed by atoms with van der Waals surface area (Å²) in [6.45, 7) is 0. The molecule has 1 aromatic heterocycles. The topological polar surface area (TPSA) is 80.9 Å². The highest BCUT2D eigenvalue weighted by molar-refractivity contribution is 6.28. The molecule has 0 aliphatic heterocycles. The molecule has 0 bridgehead atoms. The van der Waals surface area contributed by atoms with Crippen LogP contribution in [0.25, 0.3) is 0 Å². The Morgan fingerprint density at radius 2 is 2.00 bits per heavy atom. The zero-order valence-electron chi connectivity index (χ0n) is 9.59. The number of ether oxygens (including phenoxy) is 2. The van der Waals surface area contributed by atoms with Crippen molar-refractivity contribution in [1.29, 1.82) is 5.26 Å². The van der Waals surface area contributed by atoms with Gasteiger partial charge in [0, 0.05) is 0 Å². The van der Waals surface area contributed by atoms with Gasteiger partial charge in [0.1, 0.15) is 17.4 Å². The molecule has 0 fully saturated rings. The molecule has 0 spiro atoms. The lowest BCUT2D eigenvalue weighted by Crippen LogP contribution is -2.00. The fourth-order valence-electron chi connectivity index (χ4n) is 1.25. The third kappa shape index (κ3) is 2.86. The van der Waals surface area contributed by atoms with Crippen molar-refractivity contribution >= 4 is 11.6 Å². The number of nitriles is 1. The van der Waals surface area contributed by atoms with Crippen LogP contribution in [0.3, 0.4) is 0 Å². The van der Waals surface area contributed by atoms with Gasteiger partial charge in [-0.2, -0.15) is 15.2 Å². The third-order valence-corrected chi connectivity index (χ3v) is 2.21. The van der Waals surface area contributed by atoms with Gasteiger partial charge in [-0.3, -0.25) is 0 Å². The van der Waals surface area contributed by atoms with Gasteiger partial charge in [0.05, 0.1) is 7.11 Å². The van der Waals surface area contributed by atoms with Gasteiger partial charge in [-0.05, 0) is 23.7 Å². The summed E-state index contributed by atoms with van der Waals surface area (Å²) < 4.78 is 23.4. The quantitative estimate of drug-likeness (QED) is 0.858. The molecule has 0 atom stereocenters. The van der Waals surface area contributed by atoms with Crippen molar-refractivity contribution in [2.75, 3.05) is 7.11 Å². The van der Waals surface area contributed by atoms with E-state index in [1.54, 1.807) is 6.07 Å². The van der Waals surface area contributed by atoms with Gasteiger partial charge in [-0.25, -0.2) is 4.39 Å². The highest BCUT2D eigenvalue weighted by Crippen LogP contribution is 2.25. The fourth-order valence-corrected chi connectivity index (χ4v) is 1.39. The van der Waals surface area contributed by atoms with Gasteiger partial charge in [-0.15, -0.1) is 4.98 Å². The van der Waals surface area contributed by atoms with Crippen LogP contribution in [0.2, 0.25) is 5.28 Å². The summed E-state index contributed by atoms with van der Waals surface area (Å²) >= 11 is 5.64. The van der Waals surface area contributed by atoms with Gasteiger partial charge in [-0.1, -0.05) is 6.07 Å². The second-order valence-corrected chi connectivity index (χ2v) is 3.54. The maximum absolute atomic E-state index is 13.4. The lowest BCUT2D eigenvalue weighted by Gasteiger charge is -2.06. The van der Waals surface area contributed by atoms with Crippen LogP contribution < -0.4 is 9.47 Å². The summed E-state index contributed by atoms with van der Waals surface area (Å²) in [6, 6.07) is 5.39. The SMILES string of the molecule is COc1nc(Cl)nc(Oc2cccc(F)c2C#N)n1. The second-order valence-electron chi connectivity index (χ2n) is 3.20. The summed E-state index contributed by atoms with van der Waals surface area (Å²) in [4.78, 5) is 11.1. The first-order chi connectivity index (χ1) is 9.13. The van der Waals surface area contributed by atoms with Gasteiger partial charge in [0.15, 0.2) is 5.75 Å². The van der Waals surface area contributed by atoms with E-state index in [-0.39, 0.29) is 28.6 Å². The monoisotopic (exact) mass is 280 g/mol. The molecule has 2 rings (SSSR count). The Labute approximate surface area is 112 Å². The Bertz CT molecular complexity index is 660. The molecular weight excluding hydrogens is 275 g/mol. The van der Waals surface area contributed by atoms with Crippen LogP contribution in [0.4, 0.5) is 4.39 Å². The molecule has 1 heterocycles. The van der Waals surface area contributed by atoms with E-state index in [0.717, 1.165) is 6.07 Å². The molecule has 0 radical (unpaired) electrons. The molecule has 0 saturated carbocycles. The minimum absolute atomic E-state index is 0.0215. The number of halogens is 2. The van der Waals surface area contributed by atoms with E-state index in [0.29, 0.717) is 0 Å². The van der Waals surface area contributed by atoms with Crippen molar-refractivity contribution < 1.29 is 13.9 Å². The molecule has 6 nitrogen and oxygen atoms in total. The number of hydrogen-bond acceptors (Lipinski definition) is 6. The number of aromatic nitrogens is 3. The first kappa shape index (κ1) is 13.0. The molecule has 0 saturated heterocycles. The van der Waals surface area contributed by atoms with Crippen molar-refractivity contribution in [3.63, 3.8) is 0 Å². The van der Waals surface area contributed by atoms with Gasteiger partial charge in [0.2, 0.25) is 5.28 Å². The normalized spacial score (nSPS) is 9.79. The van der Waals surface area contributed by atoms with Crippen molar-refractivity contribution in [2.45, 2.75) is 0 Å². The average molecular weight is 281 g/mol. The first-order valence-corrected chi connectivity index (χ1v) is 5.34. The first-order valence-electron chi connectivity index (χ1n) is 4.96. The number of nitrogens with zero attached hydrogens (tertiary/aromatic N) is 4. The summed E-state index contributed by atoms with van der Waals surface area (Å²) in [5.41, 5.74) is -0.252. The van der Waals surface area contributed by atoms with E-state index in [2.05, 4.69) is 15.0 Å². The van der Waals surface area contributed by atoms with E-state index in [4.69, 9.17) is 26.3 Å². The summed E-state index contributed by atoms with van der Waals surface area (Å²) in [6.07, 6.45) is 0. The number of rotatable bonds is 3. The minimum Gasteiger partial charge on any atom is -0.467 e. The van der Waals surface area contributed by atoms with Crippen molar-refractivity contribution in [3.8, 4) is 23.8 Å². The van der Waals surface area contributed by atoms with Crippen LogP contribution >= 0.6 is 11.6 Å². The number of hydrogen-bond donors (Lipinski definition) is 0. The molecule has 96 valence electrons. The van der Waals surface area contributed by atoms with Crippen LogP contribution in [0.5, 0.6) is 17.8 Å². The molecule has 19 heavy (non-hydrogen) atoms. The highest BCUT2D eigenvalue weighted by atomic mass is 35.5. The van der Waals surface area contributed by atoms with E-state index in [1.165, 1.54) is 19.2 Å². The van der Waals surface area contributed by atoms with Crippen molar-refractivity contribution in [1.82, 2.24) is 15.0 Å². The maximum Gasteiger partial charge on any atom is 0.329 e. The van der Waals surface area contributed by atoms with E-state index >= 15 is 0 Å². The molecule has 1 aromatic carbocycles. The molecule has 8 heteroatoms. The highest BCUT2D eigenvalue weighted by Gasteiger charge is 2.13. The van der Waals surface area contributed by atoms with Gasteiger partial charge >= 0.3 is 12.0 Å². The Kier molecular flexibility index (Phi) is 3.73. The zero-order chi connectivity index (χ0) is 13.8. The Hall–Kier alpha value is -2.46. The Morgan fingerprint density at radius 3 is 2.68 bits per heavy atom. The number of benzene rings is 1. The smallest absolute Gasteiger partial charge is 0.329 e. The maximum atomic E-state index is 13.4. The third-order valence-electron chi connectivity index (χ3n) is 2.04. The lowest BCUT2D eigenvalue weighted by molar-refractivity contribution is 0.358. The van der Waals surface area contributed by atoms with Crippen molar-refractivity contribution in [3.05, 3.63) is 34.9 Å². The Morgan fingerprint density at radius 1 is 1.26 bits per heavy atom. The van der Waals surface area contributed by atoms with E-state index in [9.17, 15) is 4.39 Å². The standard InChI is InChI=1S/C11H6ClFN4O2/c1-18-10-15-9(12)16-11(17-10)19-8-4-2-3-7(13)6(8)5-14/h2-4H,1H3. The zero-order valence-corrected chi connectivity index (χ0v) is 10.3. The molecule has 0 aliphatic carbocycles. The lowest BCUT2D eigenvalue weighted by atomic mass is 10.2. The summed E-state index contributed by atoms with van der Waals surface area (Å²) in [5, 5.41) is 8.72. The van der Waals surface area contributed by atoms with E-state index < -0.39 is 5.82 Å². The van der Waals surface area contributed by atoms with Crippen LogP contribution in [0.1, 0.15) is 5.56 Å². The molecule has 0 amide bonds. The van der Waals surface area contributed by atoms with Crippen LogP contribution in [0, 0.1) is 17.1 Å². The molecule has 0 N–H and O–H groups in total. The fraction of sp³-hybridized carbons (Fsp3) is 0.0909. The van der Waals surface area contributed by atoms with Crippen LogP contribution in [-0.2, 0) is 0 Å². The molecule has 0 aliphatic rings. The largest absolute Gasteiger partial charge is 0.467 e. The predicted molar refractivity (Wildman–Crippen MR) is 62.6 cm³/mol. The molecular formula is C11H6ClFN4O2. The average Bonchev–Trinajstić information content (AvgIpc) is 2.38. The van der Waals surface area contributed by atoms with Gasteiger partial charge < -0.3 is 9.47 Å². The van der Waals surface area contributed by atoms with Crippen molar-refractivity contribution in [2.24, 2.45) is 0 Å². The van der Waals surface area contributed by atoms with Crippen LogP contribution in [-0.4, -0.2) is 22.1 Å². The number of methoxy groups -OCH3 is 1. The second kappa shape index (κ2) is 5.46. The van der Waals surface area contributed by atoms with Gasteiger partial charge in [0.25, 0.3) is 0 Å². The Balaban J connectivity index is 2.39. The molecule has 0 unspecified atom stereocenters. The van der Waals surface area contributed by atoms with E-state index in [1.807, 2.05) is 0 Å². The molecule has 2 aromatic rings. The minimum atomic E-state index is -0.702. The van der Waals surface area contributed by atoms with Crippen LogP contribution in [0.15, 0.2) is 18.2 Å².